The molecule has 2 heterocycles. The molecule has 0 saturated heterocycles. The van der Waals surface area contributed by atoms with Crippen LogP contribution < -0.4 is 16.3 Å². The summed E-state index contributed by atoms with van der Waals surface area (Å²) in [7, 11) is 0. The Balaban J connectivity index is 2.55. The van der Waals surface area contributed by atoms with Crippen molar-refractivity contribution < 1.29 is 0 Å². The van der Waals surface area contributed by atoms with Crippen LogP contribution in [-0.4, -0.2) is 36.6 Å². The summed E-state index contributed by atoms with van der Waals surface area (Å²) in [5.41, 5.74) is -0.357. The number of nitrogens with zero attached hydrogens (tertiary/aromatic N) is 4. The number of fused-ring (bicyclic) bond motifs is 1. The maximum Gasteiger partial charge on any atom is 0.351 e. The Labute approximate surface area is 104 Å². The predicted molar refractivity (Wildman–Crippen MR) is 68.9 cm³/mol. The molecule has 0 saturated carbocycles. The molecule has 0 spiro atoms. The van der Waals surface area contributed by atoms with Gasteiger partial charge in [0.05, 0.1) is 0 Å². The first kappa shape index (κ1) is 12.3. The number of aromatic amines is 1. The van der Waals surface area contributed by atoms with E-state index in [-0.39, 0.29) is 17.8 Å². The number of H-pyrrole nitrogens is 1. The molecule has 0 aliphatic heterocycles. The van der Waals surface area contributed by atoms with Crippen LogP contribution in [0.1, 0.15) is 27.7 Å². The summed E-state index contributed by atoms with van der Waals surface area (Å²) < 4.78 is 1.31. The van der Waals surface area contributed by atoms with Gasteiger partial charge in [-0.25, -0.2) is 9.89 Å². The van der Waals surface area contributed by atoms with Crippen LogP contribution in [0.15, 0.2) is 4.79 Å². The molecule has 0 unspecified atom stereocenters. The molecule has 8 heteroatoms. The SMILES string of the molecule is CC(C)Nc1nc(NC(C)C)n2c(=O)[nH]nc2n1. The molecule has 0 radical (unpaired) electrons. The first-order valence-corrected chi connectivity index (χ1v) is 5.85. The lowest BCUT2D eigenvalue weighted by atomic mass is 10.4. The molecular formula is C10H17N7O. The van der Waals surface area contributed by atoms with Gasteiger partial charge < -0.3 is 10.6 Å². The highest BCUT2D eigenvalue weighted by atomic mass is 16.1. The van der Waals surface area contributed by atoms with E-state index in [2.05, 4.69) is 30.8 Å². The molecule has 2 aromatic heterocycles. The molecular weight excluding hydrogens is 234 g/mol. The molecule has 2 rings (SSSR count). The van der Waals surface area contributed by atoms with Gasteiger partial charge in [0.1, 0.15) is 0 Å². The summed E-state index contributed by atoms with van der Waals surface area (Å²) in [5.74, 6) is 1.16. The zero-order chi connectivity index (χ0) is 13.3. The summed E-state index contributed by atoms with van der Waals surface area (Å²) in [5, 5.41) is 12.4. The van der Waals surface area contributed by atoms with Crippen molar-refractivity contribution in [3.8, 4) is 0 Å². The fourth-order valence-corrected chi connectivity index (χ4v) is 1.50. The summed E-state index contributed by atoms with van der Waals surface area (Å²) in [4.78, 5) is 20.1. The topological polar surface area (TPSA) is 100 Å². The van der Waals surface area contributed by atoms with Crippen LogP contribution >= 0.6 is 0 Å². The van der Waals surface area contributed by atoms with Crippen molar-refractivity contribution >= 4 is 17.7 Å². The lowest BCUT2D eigenvalue weighted by Crippen LogP contribution is -2.22. The van der Waals surface area contributed by atoms with Crippen molar-refractivity contribution in [2.75, 3.05) is 10.6 Å². The second-order valence-electron chi connectivity index (χ2n) is 4.63. The molecule has 0 aromatic carbocycles. The van der Waals surface area contributed by atoms with E-state index in [0.29, 0.717) is 17.7 Å². The van der Waals surface area contributed by atoms with Crippen molar-refractivity contribution in [3.63, 3.8) is 0 Å². The fourth-order valence-electron chi connectivity index (χ4n) is 1.50. The van der Waals surface area contributed by atoms with E-state index in [1.165, 1.54) is 4.40 Å². The quantitative estimate of drug-likeness (QED) is 0.729. The van der Waals surface area contributed by atoms with Crippen LogP contribution in [0.4, 0.5) is 11.9 Å². The number of rotatable bonds is 4. The highest BCUT2D eigenvalue weighted by Crippen LogP contribution is 2.09. The largest absolute Gasteiger partial charge is 0.353 e. The monoisotopic (exact) mass is 251 g/mol. The van der Waals surface area contributed by atoms with E-state index in [1.54, 1.807) is 0 Å². The normalized spacial score (nSPS) is 11.4. The number of hydrogen-bond donors (Lipinski definition) is 3. The van der Waals surface area contributed by atoms with Crippen molar-refractivity contribution in [1.82, 2.24) is 24.6 Å². The maximum absolute atomic E-state index is 11.6. The zero-order valence-corrected chi connectivity index (χ0v) is 10.9. The molecule has 8 nitrogen and oxygen atoms in total. The zero-order valence-electron chi connectivity index (χ0n) is 10.9. The minimum Gasteiger partial charge on any atom is -0.353 e. The minimum absolute atomic E-state index is 0.150. The van der Waals surface area contributed by atoms with Crippen molar-refractivity contribution in [1.29, 1.82) is 0 Å². The summed E-state index contributed by atoms with van der Waals surface area (Å²) in [6.07, 6.45) is 0. The van der Waals surface area contributed by atoms with E-state index >= 15 is 0 Å². The molecule has 18 heavy (non-hydrogen) atoms. The predicted octanol–water partition coefficient (Wildman–Crippen LogP) is 0.453. The maximum atomic E-state index is 11.6. The van der Waals surface area contributed by atoms with Gasteiger partial charge in [-0.15, -0.1) is 5.10 Å². The molecule has 98 valence electrons. The Kier molecular flexibility index (Phi) is 3.17. The Morgan fingerprint density at radius 2 is 1.78 bits per heavy atom. The van der Waals surface area contributed by atoms with Gasteiger partial charge in [-0.05, 0) is 27.7 Å². The lowest BCUT2D eigenvalue weighted by molar-refractivity contribution is 0.834. The lowest BCUT2D eigenvalue weighted by Gasteiger charge is -2.13. The van der Waals surface area contributed by atoms with E-state index in [9.17, 15) is 4.79 Å². The van der Waals surface area contributed by atoms with Crippen LogP contribution in [0.2, 0.25) is 0 Å². The van der Waals surface area contributed by atoms with Crippen LogP contribution in [0.3, 0.4) is 0 Å². The van der Waals surface area contributed by atoms with Gasteiger partial charge in [-0.2, -0.15) is 14.4 Å². The van der Waals surface area contributed by atoms with Gasteiger partial charge in [0, 0.05) is 12.1 Å². The minimum atomic E-state index is -0.357. The molecule has 0 bridgehead atoms. The molecule has 0 atom stereocenters. The van der Waals surface area contributed by atoms with Crippen molar-refractivity contribution in [3.05, 3.63) is 10.5 Å². The van der Waals surface area contributed by atoms with E-state index in [1.807, 2.05) is 27.7 Å². The van der Waals surface area contributed by atoms with Crippen LogP contribution in [0.25, 0.3) is 5.78 Å². The van der Waals surface area contributed by atoms with Gasteiger partial charge in [0.15, 0.2) is 0 Å². The Bertz CT molecular complexity index is 598. The van der Waals surface area contributed by atoms with Gasteiger partial charge >= 0.3 is 5.69 Å². The molecule has 0 amide bonds. The number of nitrogens with one attached hydrogen (secondary N) is 3. The molecule has 0 aliphatic rings. The summed E-state index contributed by atoms with van der Waals surface area (Å²) >= 11 is 0. The van der Waals surface area contributed by atoms with Crippen LogP contribution in [0, 0.1) is 0 Å². The van der Waals surface area contributed by atoms with Crippen LogP contribution in [-0.2, 0) is 0 Å². The molecule has 3 N–H and O–H groups in total. The van der Waals surface area contributed by atoms with E-state index in [4.69, 9.17) is 0 Å². The second kappa shape index (κ2) is 4.63. The van der Waals surface area contributed by atoms with Crippen molar-refractivity contribution in [2.24, 2.45) is 0 Å². The first-order valence-electron chi connectivity index (χ1n) is 5.85. The average molecular weight is 251 g/mol. The molecule has 0 aliphatic carbocycles. The Hall–Kier alpha value is -2.12. The van der Waals surface area contributed by atoms with Gasteiger partial charge in [0.2, 0.25) is 11.9 Å². The van der Waals surface area contributed by atoms with Crippen molar-refractivity contribution in [2.45, 2.75) is 39.8 Å². The highest BCUT2D eigenvalue weighted by molar-refractivity contribution is 5.45. The molecule has 2 aromatic rings. The highest BCUT2D eigenvalue weighted by Gasteiger charge is 2.12. The van der Waals surface area contributed by atoms with E-state index in [0.717, 1.165) is 0 Å². The van der Waals surface area contributed by atoms with Crippen LogP contribution in [0.5, 0.6) is 0 Å². The summed E-state index contributed by atoms with van der Waals surface area (Å²) in [6.45, 7) is 7.91. The third-order valence-corrected chi connectivity index (χ3v) is 2.12. The Morgan fingerprint density at radius 3 is 2.39 bits per heavy atom. The summed E-state index contributed by atoms with van der Waals surface area (Å²) in [6, 6.07) is 0.349. The van der Waals surface area contributed by atoms with Gasteiger partial charge in [-0.3, -0.25) is 0 Å². The van der Waals surface area contributed by atoms with E-state index < -0.39 is 0 Å². The van der Waals surface area contributed by atoms with Gasteiger partial charge in [0.25, 0.3) is 5.78 Å². The standard InChI is InChI=1S/C10H17N7O/c1-5(2)11-7-13-8(12-6(3)4)17-9(14-7)15-16-10(17)18/h5-6H,1-4H3,(H,16,18)(H2,11,12,13,14,15). The second-order valence-corrected chi connectivity index (χ2v) is 4.63. The Morgan fingerprint density at radius 1 is 1.11 bits per heavy atom. The van der Waals surface area contributed by atoms with Gasteiger partial charge in [-0.1, -0.05) is 0 Å². The third kappa shape index (κ3) is 2.41. The third-order valence-electron chi connectivity index (χ3n) is 2.12. The first-order chi connectivity index (χ1) is 8.47. The number of anilines is 2. The number of hydrogen-bond acceptors (Lipinski definition) is 6. The fraction of sp³-hybridized carbons (Fsp3) is 0.600. The number of aromatic nitrogens is 5. The average Bonchev–Trinajstić information content (AvgIpc) is 2.58. The smallest absolute Gasteiger partial charge is 0.351 e. The molecule has 0 fully saturated rings.